The van der Waals surface area contributed by atoms with Crippen LogP contribution in [0.2, 0.25) is 5.15 Å². The molecule has 0 unspecified atom stereocenters. The van der Waals surface area contributed by atoms with Gasteiger partial charge in [0, 0.05) is 12.7 Å². The number of nitrogens with zero attached hydrogens (tertiary/aromatic N) is 1. The van der Waals surface area contributed by atoms with Crippen molar-refractivity contribution in [3.05, 3.63) is 23.0 Å². The Morgan fingerprint density at radius 3 is 2.75 bits per heavy atom. The summed E-state index contributed by atoms with van der Waals surface area (Å²) in [4.78, 5) is 4.11. The van der Waals surface area contributed by atoms with E-state index in [1.807, 2.05) is 13.0 Å². The number of aryl methyl sites for hydroxylation is 1. The molecule has 1 aromatic heterocycles. The Labute approximate surface area is 103 Å². The number of halogens is 1. The Hall–Kier alpha value is -0.760. The third-order valence-electron chi connectivity index (χ3n) is 2.57. The van der Waals surface area contributed by atoms with Crippen molar-refractivity contribution in [2.45, 2.75) is 46.0 Å². The maximum absolute atomic E-state index is 5.99. The third kappa shape index (κ3) is 4.84. The van der Waals surface area contributed by atoms with Crippen LogP contribution in [0.15, 0.2) is 12.3 Å². The molecule has 1 heterocycles. The molecule has 0 spiro atoms. The van der Waals surface area contributed by atoms with Crippen LogP contribution in [0.25, 0.3) is 0 Å². The van der Waals surface area contributed by atoms with Crippen LogP contribution in [0, 0.1) is 6.92 Å². The van der Waals surface area contributed by atoms with Gasteiger partial charge in [-0.15, -0.1) is 0 Å². The zero-order valence-corrected chi connectivity index (χ0v) is 11.0. The van der Waals surface area contributed by atoms with Gasteiger partial charge < -0.3 is 5.32 Å². The lowest BCUT2D eigenvalue weighted by Gasteiger charge is -2.08. The van der Waals surface area contributed by atoms with Gasteiger partial charge in [0.05, 0.1) is 5.69 Å². The summed E-state index contributed by atoms with van der Waals surface area (Å²) in [5.41, 5.74) is 2.09. The summed E-state index contributed by atoms with van der Waals surface area (Å²) < 4.78 is 0. The number of aromatic nitrogens is 1. The molecule has 0 atom stereocenters. The molecule has 1 aromatic rings. The van der Waals surface area contributed by atoms with Gasteiger partial charge >= 0.3 is 0 Å². The molecular formula is C13H21ClN2. The smallest absolute Gasteiger partial charge is 0.152 e. The molecule has 1 N–H and O–H groups in total. The van der Waals surface area contributed by atoms with Gasteiger partial charge in [0.25, 0.3) is 0 Å². The molecule has 90 valence electrons. The first kappa shape index (κ1) is 13.3. The molecule has 0 aliphatic heterocycles. The molecule has 0 bridgehead atoms. The number of pyridine rings is 1. The van der Waals surface area contributed by atoms with Gasteiger partial charge in [-0.3, -0.25) is 0 Å². The fourth-order valence-electron chi connectivity index (χ4n) is 1.63. The highest BCUT2D eigenvalue weighted by Crippen LogP contribution is 2.19. The van der Waals surface area contributed by atoms with Gasteiger partial charge in [-0.05, 0) is 25.0 Å². The minimum absolute atomic E-state index is 0.569. The highest BCUT2D eigenvalue weighted by atomic mass is 35.5. The molecule has 0 radical (unpaired) electrons. The van der Waals surface area contributed by atoms with Crippen LogP contribution in [0.5, 0.6) is 0 Å². The van der Waals surface area contributed by atoms with E-state index in [4.69, 9.17) is 11.6 Å². The monoisotopic (exact) mass is 240 g/mol. The Kier molecular flexibility index (Phi) is 6.24. The van der Waals surface area contributed by atoms with E-state index in [9.17, 15) is 0 Å². The standard InChI is InChI=1S/C13H21ClN2/c1-3-4-5-6-7-8-15-12-9-11(2)10-16-13(12)14/h9-10,15H,3-8H2,1-2H3. The molecule has 0 amide bonds. The van der Waals surface area contributed by atoms with Crippen LogP contribution in [-0.2, 0) is 0 Å². The number of hydrogen-bond acceptors (Lipinski definition) is 2. The lowest BCUT2D eigenvalue weighted by molar-refractivity contribution is 0.645. The largest absolute Gasteiger partial charge is 0.383 e. The second-order valence-electron chi connectivity index (χ2n) is 4.19. The van der Waals surface area contributed by atoms with Crippen LogP contribution in [0.1, 0.15) is 44.6 Å². The van der Waals surface area contributed by atoms with Gasteiger partial charge in [-0.1, -0.05) is 44.2 Å². The summed E-state index contributed by atoms with van der Waals surface area (Å²) in [5.74, 6) is 0. The predicted molar refractivity (Wildman–Crippen MR) is 71.2 cm³/mol. The Balaban J connectivity index is 2.23. The molecule has 1 rings (SSSR count). The molecule has 2 nitrogen and oxygen atoms in total. The second kappa shape index (κ2) is 7.50. The van der Waals surface area contributed by atoms with Gasteiger partial charge in [-0.2, -0.15) is 0 Å². The first-order valence-electron chi connectivity index (χ1n) is 6.10. The molecule has 3 heteroatoms. The lowest BCUT2D eigenvalue weighted by Crippen LogP contribution is -2.03. The number of nitrogens with one attached hydrogen (secondary N) is 1. The van der Waals surface area contributed by atoms with Crippen molar-refractivity contribution >= 4 is 17.3 Å². The number of hydrogen-bond donors (Lipinski definition) is 1. The van der Waals surface area contributed by atoms with E-state index < -0.39 is 0 Å². The van der Waals surface area contributed by atoms with Gasteiger partial charge in [0.2, 0.25) is 0 Å². The average molecular weight is 241 g/mol. The highest BCUT2D eigenvalue weighted by molar-refractivity contribution is 6.31. The minimum Gasteiger partial charge on any atom is -0.383 e. The summed E-state index contributed by atoms with van der Waals surface area (Å²) in [7, 11) is 0. The van der Waals surface area contributed by atoms with Crippen molar-refractivity contribution < 1.29 is 0 Å². The van der Waals surface area contributed by atoms with Crippen LogP contribution < -0.4 is 5.32 Å². The zero-order valence-electron chi connectivity index (χ0n) is 10.2. The average Bonchev–Trinajstić information content (AvgIpc) is 2.28. The van der Waals surface area contributed by atoms with E-state index in [0.29, 0.717) is 5.15 Å². The van der Waals surface area contributed by atoms with Gasteiger partial charge in [-0.25, -0.2) is 4.98 Å². The highest BCUT2D eigenvalue weighted by Gasteiger charge is 2.00. The van der Waals surface area contributed by atoms with Crippen molar-refractivity contribution in [3.63, 3.8) is 0 Å². The fourth-order valence-corrected chi connectivity index (χ4v) is 1.80. The molecule has 16 heavy (non-hydrogen) atoms. The van der Waals surface area contributed by atoms with Crippen LogP contribution in [0.3, 0.4) is 0 Å². The summed E-state index contributed by atoms with van der Waals surface area (Å²) in [6.45, 7) is 5.24. The molecular weight excluding hydrogens is 220 g/mol. The first-order chi connectivity index (χ1) is 7.74. The molecule has 0 saturated carbocycles. The molecule has 0 fully saturated rings. The zero-order chi connectivity index (χ0) is 11.8. The lowest BCUT2D eigenvalue weighted by atomic mass is 10.1. The summed E-state index contributed by atoms with van der Waals surface area (Å²) >= 11 is 5.99. The topological polar surface area (TPSA) is 24.9 Å². The number of rotatable bonds is 7. The van der Waals surface area contributed by atoms with Gasteiger partial charge in [0.1, 0.15) is 0 Å². The fraction of sp³-hybridized carbons (Fsp3) is 0.615. The van der Waals surface area contributed by atoms with E-state index in [2.05, 4.69) is 17.2 Å². The Morgan fingerprint density at radius 1 is 1.25 bits per heavy atom. The van der Waals surface area contributed by atoms with Crippen molar-refractivity contribution in [2.24, 2.45) is 0 Å². The quantitative estimate of drug-likeness (QED) is 0.564. The van der Waals surface area contributed by atoms with E-state index in [1.54, 1.807) is 6.20 Å². The van der Waals surface area contributed by atoms with Crippen molar-refractivity contribution in [1.29, 1.82) is 0 Å². The predicted octanol–water partition coefficient (Wildman–Crippen LogP) is 4.43. The summed E-state index contributed by atoms with van der Waals surface area (Å²) in [6, 6.07) is 2.04. The van der Waals surface area contributed by atoms with E-state index in [0.717, 1.165) is 17.8 Å². The van der Waals surface area contributed by atoms with Gasteiger partial charge in [0.15, 0.2) is 5.15 Å². The maximum atomic E-state index is 5.99. The number of unbranched alkanes of at least 4 members (excludes halogenated alkanes) is 4. The normalized spacial score (nSPS) is 10.4. The Morgan fingerprint density at radius 2 is 2.00 bits per heavy atom. The third-order valence-corrected chi connectivity index (χ3v) is 2.87. The second-order valence-corrected chi connectivity index (χ2v) is 4.55. The van der Waals surface area contributed by atoms with E-state index >= 15 is 0 Å². The van der Waals surface area contributed by atoms with Crippen LogP contribution in [0.4, 0.5) is 5.69 Å². The van der Waals surface area contributed by atoms with E-state index in [1.165, 1.54) is 32.1 Å². The summed E-state index contributed by atoms with van der Waals surface area (Å²) in [5, 5.41) is 3.90. The molecule has 0 saturated heterocycles. The van der Waals surface area contributed by atoms with Crippen molar-refractivity contribution in [2.75, 3.05) is 11.9 Å². The molecule has 0 aliphatic carbocycles. The molecule has 0 aliphatic rings. The van der Waals surface area contributed by atoms with Crippen LogP contribution >= 0.6 is 11.6 Å². The maximum Gasteiger partial charge on any atom is 0.152 e. The van der Waals surface area contributed by atoms with Crippen LogP contribution in [-0.4, -0.2) is 11.5 Å². The Bertz CT molecular complexity index is 313. The first-order valence-corrected chi connectivity index (χ1v) is 6.48. The summed E-state index contributed by atoms with van der Waals surface area (Å²) in [6.07, 6.45) is 8.24. The van der Waals surface area contributed by atoms with Crippen molar-refractivity contribution in [1.82, 2.24) is 4.98 Å². The minimum atomic E-state index is 0.569. The molecule has 0 aromatic carbocycles. The number of anilines is 1. The SMILES string of the molecule is CCCCCCCNc1cc(C)cnc1Cl. The van der Waals surface area contributed by atoms with Crippen molar-refractivity contribution in [3.8, 4) is 0 Å². The van der Waals surface area contributed by atoms with E-state index in [-0.39, 0.29) is 0 Å².